The fourth-order valence-electron chi connectivity index (χ4n) is 7.57. The number of aromatic nitrogens is 4. The predicted molar refractivity (Wildman–Crippen MR) is 198 cm³/mol. The molecule has 1 N–H and O–H groups in total. The summed E-state index contributed by atoms with van der Waals surface area (Å²) in [6.07, 6.45) is 1.83. The molecule has 0 bridgehead atoms. The number of thiazole rings is 1. The lowest BCUT2D eigenvalue weighted by molar-refractivity contribution is -0.160. The Labute approximate surface area is 301 Å². The van der Waals surface area contributed by atoms with Crippen LogP contribution in [0.5, 0.6) is 0 Å². The molecule has 0 aliphatic carbocycles. The second kappa shape index (κ2) is 13.3. The van der Waals surface area contributed by atoms with Crippen LogP contribution in [0, 0.1) is 6.92 Å². The molecule has 3 aromatic heterocycles. The van der Waals surface area contributed by atoms with Crippen LogP contribution in [0.2, 0.25) is 5.02 Å². The number of carboxylic acid groups (broad SMARTS) is 1. The van der Waals surface area contributed by atoms with E-state index in [0.717, 1.165) is 99.8 Å². The molecule has 2 fully saturated rings. The highest BCUT2D eigenvalue weighted by atomic mass is 35.5. The van der Waals surface area contributed by atoms with Crippen LogP contribution in [0.15, 0.2) is 42.5 Å². The molecule has 10 nitrogen and oxygen atoms in total. The minimum atomic E-state index is -1.18. The Kier molecular flexibility index (Phi) is 9.21. The summed E-state index contributed by atoms with van der Waals surface area (Å²) in [5.41, 5.74) is 6.73. The quantitative estimate of drug-likeness (QED) is 0.183. The average molecular weight is 715 g/mol. The maximum Gasteiger partial charge on any atom is 0.337 e. The molecule has 0 saturated carbocycles. The third-order valence-corrected chi connectivity index (χ3v) is 11.4. The van der Waals surface area contributed by atoms with Crippen molar-refractivity contribution < 1.29 is 19.4 Å². The van der Waals surface area contributed by atoms with E-state index in [-0.39, 0.29) is 11.8 Å². The minimum Gasteiger partial charge on any atom is -0.479 e. The van der Waals surface area contributed by atoms with E-state index < -0.39 is 17.7 Å². The first-order valence-electron chi connectivity index (χ1n) is 17.2. The number of rotatable bonds is 7. The van der Waals surface area contributed by atoms with Crippen molar-refractivity contribution in [2.75, 3.05) is 26.2 Å². The number of aliphatic carboxylic acids is 1. The van der Waals surface area contributed by atoms with Gasteiger partial charge in [-0.1, -0.05) is 23.7 Å². The lowest BCUT2D eigenvalue weighted by Gasteiger charge is -2.35. The van der Waals surface area contributed by atoms with Gasteiger partial charge in [0.05, 0.1) is 32.7 Å². The van der Waals surface area contributed by atoms with Crippen LogP contribution in [-0.2, 0) is 21.4 Å². The number of benzene rings is 2. The number of amides is 1. The van der Waals surface area contributed by atoms with Gasteiger partial charge in [-0.2, -0.15) is 5.10 Å². The van der Waals surface area contributed by atoms with Crippen LogP contribution < -0.4 is 0 Å². The van der Waals surface area contributed by atoms with Gasteiger partial charge in [-0.25, -0.2) is 14.8 Å². The summed E-state index contributed by atoms with van der Waals surface area (Å²) in [4.78, 5) is 39.4. The van der Waals surface area contributed by atoms with Crippen LogP contribution in [0.1, 0.15) is 75.8 Å². The molecule has 5 aromatic rings. The van der Waals surface area contributed by atoms with E-state index in [4.69, 9.17) is 31.4 Å². The van der Waals surface area contributed by atoms with Gasteiger partial charge in [-0.3, -0.25) is 14.4 Å². The lowest BCUT2D eigenvalue weighted by atomic mass is 9.91. The van der Waals surface area contributed by atoms with Crippen molar-refractivity contribution in [2.24, 2.45) is 7.05 Å². The number of pyridine rings is 1. The van der Waals surface area contributed by atoms with Gasteiger partial charge in [0.2, 0.25) is 5.91 Å². The van der Waals surface area contributed by atoms with Crippen LogP contribution in [0.4, 0.5) is 0 Å². The Balaban J connectivity index is 1.26. The molecule has 262 valence electrons. The number of hydrogen-bond donors (Lipinski definition) is 1. The number of likely N-dealkylation sites (tertiary alicyclic amines) is 2. The summed E-state index contributed by atoms with van der Waals surface area (Å²) in [5, 5.41) is 16.8. The van der Waals surface area contributed by atoms with Crippen LogP contribution in [0.3, 0.4) is 0 Å². The van der Waals surface area contributed by atoms with Gasteiger partial charge in [-0.05, 0) is 102 Å². The van der Waals surface area contributed by atoms with Crippen molar-refractivity contribution in [3.05, 3.63) is 64.3 Å². The summed E-state index contributed by atoms with van der Waals surface area (Å²) < 4.78 is 8.97. The van der Waals surface area contributed by atoms with Gasteiger partial charge in [0, 0.05) is 55.2 Å². The van der Waals surface area contributed by atoms with Gasteiger partial charge in [0.15, 0.2) is 6.10 Å². The summed E-state index contributed by atoms with van der Waals surface area (Å²) in [6.45, 7) is 12.8. The first-order valence-corrected chi connectivity index (χ1v) is 18.4. The average Bonchev–Trinajstić information content (AvgIpc) is 3.81. The fourth-order valence-corrected chi connectivity index (χ4v) is 8.79. The SMILES string of the molecule is CC(=O)N1CC[C@H](N2CCC(c3nn(C)c4ccc(-c5nc6cc(C)c([C@H](OC(C)(C)C)C(=O)O)c(-c7ccc(Cl)cc7)c6s5)nc34)CC2)C1. The molecule has 0 unspecified atom stereocenters. The third kappa shape index (κ3) is 6.64. The number of carboxylic acids is 1. The van der Waals surface area contributed by atoms with Crippen molar-refractivity contribution in [3.63, 3.8) is 0 Å². The summed E-state index contributed by atoms with van der Waals surface area (Å²) in [6, 6.07) is 13.9. The smallest absolute Gasteiger partial charge is 0.337 e. The highest BCUT2D eigenvalue weighted by molar-refractivity contribution is 7.22. The number of hydrogen-bond acceptors (Lipinski definition) is 8. The fraction of sp³-hybridized carbons (Fsp3) is 0.447. The van der Waals surface area contributed by atoms with Gasteiger partial charge in [0.1, 0.15) is 10.5 Å². The van der Waals surface area contributed by atoms with Gasteiger partial charge < -0.3 is 14.7 Å². The summed E-state index contributed by atoms with van der Waals surface area (Å²) in [7, 11) is 1.97. The molecular weight excluding hydrogens is 672 g/mol. The topological polar surface area (TPSA) is 114 Å². The number of piperidine rings is 1. The minimum absolute atomic E-state index is 0.160. The molecule has 5 heterocycles. The van der Waals surface area contributed by atoms with Crippen molar-refractivity contribution in [3.8, 4) is 21.8 Å². The second-order valence-electron chi connectivity index (χ2n) is 14.6. The zero-order valence-corrected chi connectivity index (χ0v) is 30.9. The zero-order valence-electron chi connectivity index (χ0n) is 29.4. The van der Waals surface area contributed by atoms with Gasteiger partial charge >= 0.3 is 5.97 Å². The van der Waals surface area contributed by atoms with Crippen LogP contribution >= 0.6 is 22.9 Å². The normalized spacial score (nSPS) is 18.4. The molecular formula is C38H43ClN6O4S. The van der Waals surface area contributed by atoms with Crippen molar-refractivity contribution in [1.29, 1.82) is 0 Å². The molecule has 12 heteroatoms. The maximum absolute atomic E-state index is 12.7. The maximum atomic E-state index is 12.7. The van der Waals surface area contributed by atoms with Gasteiger partial charge in [0.25, 0.3) is 0 Å². The molecule has 0 spiro atoms. The Hall–Kier alpha value is -3.90. The third-order valence-electron chi connectivity index (χ3n) is 10.0. The zero-order chi connectivity index (χ0) is 35.5. The van der Waals surface area contributed by atoms with E-state index in [1.165, 1.54) is 11.3 Å². The number of carbonyl (C=O) groups excluding carboxylic acids is 1. The summed E-state index contributed by atoms with van der Waals surface area (Å²) in [5.74, 6) is -0.602. The molecule has 1 amide bonds. The van der Waals surface area contributed by atoms with E-state index in [9.17, 15) is 14.7 Å². The molecule has 50 heavy (non-hydrogen) atoms. The highest BCUT2D eigenvalue weighted by Crippen LogP contribution is 2.44. The van der Waals surface area contributed by atoms with E-state index in [2.05, 4.69) is 11.0 Å². The first kappa shape index (κ1) is 34.5. The van der Waals surface area contributed by atoms with Crippen molar-refractivity contribution in [1.82, 2.24) is 29.5 Å². The van der Waals surface area contributed by atoms with Crippen LogP contribution in [-0.4, -0.2) is 84.4 Å². The van der Waals surface area contributed by atoms with E-state index in [1.807, 2.05) is 80.7 Å². The molecule has 2 aromatic carbocycles. The molecule has 2 aliphatic heterocycles. The van der Waals surface area contributed by atoms with Gasteiger partial charge in [-0.15, -0.1) is 11.3 Å². The van der Waals surface area contributed by atoms with E-state index in [1.54, 1.807) is 6.92 Å². The lowest BCUT2D eigenvalue weighted by Crippen LogP contribution is -2.43. The Morgan fingerprint density at radius 2 is 1.76 bits per heavy atom. The van der Waals surface area contributed by atoms with E-state index >= 15 is 0 Å². The number of aryl methyl sites for hydroxylation is 2. The summed E-state index contributed by atoms with van der Waals surface area (Å²) >= 11 is 7.79. The number of carbonyl (C=O) groups is 2. The molecule has 2 aliphatic rings. The van der Waals surface area contributed by atoms with E-state index in [0.29, 0.717) is 16.6 Å². The van der Waals surface area contributed by atoms with Crippen molar-refractivity contribution in [2.45, 2.75) is 77.5 Å². The second-order valence-corrected chi connectivity index (χ2v) is 16.0. The molecule has 0 radical (unpaired) electrons. The van der Waals surface area contributed by atoms with Crippen LogP contribution in [0.25, 0.3) is 43.1 Å². The largest absolute Gasteiger partial charge is 0.479 e. The number of halogens is 1. The number of ether oxygens (including phenoxy) is 1. The molecule has 7 rings (SSSR count). The number of fused-ring (bicyclic) bond motifs is 2. The molecule has 2 atom stereocenters. The Morgan fingerprint density at radius 3 is 2.40 bits per heavy atom. The molecule has 2 saturated heterocycles. The standard InChI is InChI=1S/C38H43ClN6O4S/c1-21-19-28-35(31(23-7-9-25(39)10-8-23)30(21)34(37(47)48)49-38(3,4)5)50-36(41-28)27-11-12-29-33(40-27)32(42-43(29)6)24-13-16-44(17-14-24)26-15-18-45(20-26)22(2)46/h7-12,19,24,26,34H,13-18,20H2,1-6H3,(H,47,48)/t26-,34-/m0/s1. The van der Waals surface area contributed by atoms with Crippen molar-refractivity contribution >= 4 is 56.1 Å². The number of nitrogens with zero attached hydrogens (tertiary/aromatic N) is 6. The highest BCUT2D eigenvalue weighted by Gasteiger charge is 2.34. The predicted octanol–water partition coefficient (Wildman–Crippen LogP) is 7.61. The Morgan fingerprint density at radius 1 is 1.04 bits per heavy atom. The monoisotopic (exact) mass is 714 g/mol. The Bertz CT molecular complexity index is 2090. The first-order chi connectivity index (χ1) is 23.8.